The van der Waals surface area contributed by atoms with Crippen molar-refractivity contribution in [3.05, 3.63) is 35.4 Å². The quantitative estimate of drug-likeness (QED) is 0.844. The molecule has 0 amide bonds. The third-order valence-electron chi connectivity index (χ3n) is 3.90. The Balaban J connectivity index is 2.06. The summed E-state index contributed by atoms with van der Waals surface area (Å²) in [5.41, 5.74) is 2.52. The maximum absolute atomic E-state index is 9.69. The van der Waals surface area contributed by atoms with Crippen molar-refractivity contribution in [1.82, 2.24) is 0 Å². The van der Waals surface area contributed by atoms with Gasteiger partial charge in [0, 0.05) is 12.5 Å². The smallest absolute Gasteiger partial charge is 0.0546 e. The van der Waals surface area contributed by atoms with Gasteiger partial charge in [-0.05, 0) is 36.3 Å². The van der Waals surface area contributed by atoms with E-state index in [0.717, 1.165) is 19.3 Å². The predicted octanol–water partition coefficient (Wildman–Crippen LogP) is 2.80. The van der Waals surface area contributed by atoms with Crippen LogP contribution in [0, 0.1) is 0 Å². The number of benzene rings is 1. The van der Waals surface area contributed by atoms with E-state index in [2.05, 4.69) is 24.3 Å². The topological polar surface area (TPSA) is 40.5 Å². The van der Waals surface area contributed by atoms with Crippen molar-refractivity contribution in [1.29, 1.82) is 0 Å². The molecule has 1 saturated carbocycles. The van der Waals surface area contributed by atoms with Crippen molar-refractivity contribution >= 4 is 0 Å². The van der Waals surface area contributed by atoms with Gasteiger partial charge >= 0.3 is 0 Å². The molecule has 0 bridgehead atoms. The highest BCUT2D eigenvalue weighted by atomic mass is 16.3. The summed E-state index contributed by atoms with van der Waals surface area (Å²) < 4.78 is 0. The van der Waals surface area contributed by atoms with Crippen molar-refractivity contribution in [2.75, 3.05) is 6.61 Å². The van der Waals surface area contributed by atoms with Crippen LogP contribution in [-0.2, 0) is 0 Å². The van der Waals surface area contributed by atoms with Crippen LogP contribution in [0.4, 0.5) is 0 Å². The first-order chi connectivity index (χ1) is 8.20. The zero-order valence-electron chi connectivity index (χ0n) is 10.5. The van der Waals surface area contributed by atoms with Crippen LogP contribution in [0.5, 0.6) is 0 Å². The first-order valence-corrected chi connectivity index (χ1v) is 6.59. The van der Waals surface area contributed by atoms with E-state index < -0.39 is 0 Å². The van der Waals surface area contributed by atoms with Crippen LogP contribution < -0.4 is 0 Å². The van der Waals surface area contributed by atoms with Crippen LogP contribution in [0.2, 0.25) is 0 Å². The summed E-state index contributed by atoms with van der Waals surface area (Å²) in [5.74, 6) is 0.721. The van der Waals surface area contributed by atoms with E-state index in [1.807, 2.05) is 6.92 Å². The zero-order valence-corrected chi connectivity index (χ0v) is 10.5. The second-order valence-electron chi connectivity index (χ2n) is 5.27. The zero-order chi connectivity index (χ0) is 12.3. The highest BCUT2D eigenvalue weighted by Crippen LogP contribution is 2.33. The van der Waals surface area contributed by atoms with Crippen LogP contribution in [0.15, 0.2) is 24.3 Å². The normalized spacial score (nSPS) is 26.8. The van der Waals surface area contributed by atoms with E-state index in [9.17, 15) is 5.11 Å². The number of aliphatic hydroxyl groups is 2. The van der Waals surface area contributed by atoms with Crippen molar-refractivity contribution in [2.45, 2.75) is 50.5 Å². The van der Waals surface area contributed by atoms with Gasteiger partial charge in [-0.1, -0.05) is 37.6 Å². The Bertz CT molecular complexity index is 344. The summed E-state index contributed by atoms with van der Waals surface area (Å²) in [6.45, 7) is 2.22. The second kappa shape index (κ2) is 5.65. The Morgan fingerprint density at radius 1 is 1.24 bits per heavy atom. The largest absolute Gasteiger partial charge is 0.396 e. The van der Waals surface area contributed by atoms with Gasteiger partial charge in [0.05, 0.1) is 6.10 Å². The van der Waals surface area contributed by atoms with Crippen LogP contribution in [0.3, 0.4) is 0 Å². The van der Waals surface area contributed by atoms with Gasteiger partial charge < -0.3 is 10.2 Å². The van der Waals surface area contributed by atoms with Gasteiger partial charge in [-0.15, -0.1) is 0 Å². The van der Waals surface area contributed by atoms with Crippen LogP contribution in [0.25, 0.3) is 0 Å². The minimum absolute atomic E-state index is 0.121. The first-order valence-electron chi connectivity index (χ1n) is 6.59. The Morgan fingerprint density at radius 3 is 2.53 bits per heavy atom. The third kappa shape index (κ3) is 3.08. The molecule has 1 aliphatic carbocycles. The molecule has 1 unspecified atom stereocenters. The molecule has 1 aromatic rings. The summed E-state index contributed by atoms with van der Waals surface area (Å²) >= 11 is 0. The van der Waals surface area contributed by atoms with E-state index >= 15 is 0 Å². The fourth-order valence-corrected chi connectivity index (χ4v) is 2.67. The second-order valence-corrected chi connectivity index (χ2v) is 5.27. The highest BCUT2D eigenvalue weighted by molar-refractivity contribution is 5.27. The van der Waals surface area contributed by atoms with Gasteiger partial charge in [0.15, 0.2) is 0 Å². The number of hydrogen-bond donors (Lipinski definition) is 2. The molecule has 1 aromatic carbocycles. The molecule has 94 valence electrons. The maximum Gasteiger partial charge on any atom is 0.0546 e. The molecule has 0 aliphatic heterocycles. The third-order valence-corrected chi connectivity index (χ3v) is 3.90. The molecule has 2 nitrogen and oxygen atoms in total. The lowest BCUT2D eigenvalue weighted by Gasteiger charge is -2.26. The number of aliphatic hydroxyl groups excluding tert-OH is 2. The Morgan fingerprint density at radius 2 is 1.94 bits per heavy atom. The molecule has 3 atom stereocenters. The number of hydrogen-bond acceptors (Lipinski definition) is 2. The summed E-state index contributed by atoms with van der Waals surface area (Å²) in [7, 11) is 0. The average Bonchev–Trinajstić information content (AvgIpc) is 2.38. The fraction of sp³-hybridized carbons (Fsp3) is 0.600. The minimum Gasteiger partial charge on any atom is -0.396 e. The first kappa shape index (κ1) is 12.6. The van der Waals surface area contributed by atoms with E-state index in [4.69, 9.17) is 5.11 Å². The highest BCUT2D eigenvalue weighted by Gasteiger charge is 2.21. The molecule has 17 heavy (non-hydrogen) atoms. The molecule has 2 N–H and O–H groups in total. The standard InChI is InChI=1S/C15H22O2/c1-11(10-16)12-5-7-13(8-6-12)14-3-2-4-15(17)9-14/h5-8,11,14-17H,2-4,9-10H2,1H3/t11?,14-,15-/m0/s1. The minimum atomic E-state index is -0.121. The molecule has 0 heterocycles. The van der Waals surface area contributed by atoms with Crippen LogP contribution in [-0.4, -0.2) is 22.9 Å². The van der Waals surface area contributed by atoms with Crippen molar-refractivity contribution in [3.63, 3.8) is 0 Å². The fourth-order valence-electron chi connectivity index (χ4n) is 2.67. The van der Waals surface area contributed by atoms with Crippen molar-refractivity contribution < 1.29 is 10.2 Å². The van der Waals surface area contributed by atoms with Crippen molar-refractivity contribution in [3.8, 4) is 0 Å². The molecular formula is C15H22O2. The van der Waals surface area contributed by atoms with Crippen molar-refractivity contribution in [2.24, 2.45) is 0 Å². The summed E-state index contributed by atoms with van der Waals surface area (Å²) in [6.07, 6.45) is 4.04. The summed E-state index contributed by atoms with van der Waals surface area (Å²) in [5, 5.41) is 18.8. The van der Waals surface area contributed by atoms with E-state index in [1.54, 1.807) is 0 Å². The molecule has 2 rings (SSSR count). The van der Waals surface area contributed by atoms with Gasteiger partial charge in [0.1, 0.15) is 0 Å². The average molecular weight is 234 g/mol. The molecule has 0 saturated heterocycles. The van der Waals surface area contributed by atoms with Gasteiger partial charge in [-0.2, -0.15) is 0 Å². The lowest BCUT2D eigenvalue weighted by Crippen LogP contribution is -2.18. The Labute approximate surface area is 103 Å². The molecule has 1 aliphatic rings. The molecule has 0 spiro atoms. The molecule has 0 radical (unpaired) electrons. The predicted molar refractivity (Wildman–Crippen MR) is 69.2 cm³/mol. The lowest BCUT2D eigenvalue weighted by molar-refractivity contribution is 0.119. The van der Waals surface area contributed by atoms with Gasteiger partial charge in [-0.25, -0.2) is 0 Å². The molecule has 0 aromatic heterocycles. The van der Waals surface area contributed by atoms with E-state index in [-0.39, 0.29) is 18.6 Å². The monoisotopic (exact) mass is 234 g/mol. The molecule has 2 heteroatoms. The Kier molecular flexibility index (Phi) is 4.19. The Hall–Kier alpha value is -0.860. The van der Waals surface area contributed by atoms with E-state index in [1.165, 1.54) is 17.5 Å². The lowest BCUT2D eigenvalue weighted by atomic mass is 9.82. The van der Waals surface area contributed by atoms with Crippen LogP contribution >= 0.6 is 0 Å². The molecule has 1 fully saturated rings. The number of rotatable bonds is 3. The SMILES string of the molecule is CC(CO)c1ccc([C@H]2CCC[C@H](O)C2)cc1. The molecular weight excluding hydrogens is 212 g/mol. The van der Waals surface area contributed by atoms with Gasteiger partial charge in [-0.3, -0.25) is 0 Å². The summed E-state index contributed by atoms with van der Waals surface area (Å²) in [6, 6.07) is 8.53. The summed E-state index contributed by atoms with van der Waals surface area (Å²) in [4.78, 5) is 0. The van der Waals surface area contributed by atoms with E-state index in [0.29, 0.717) is 5.92 Å². The van der Waals surface area contributed by atoms with Gasteiger partial charge in [0.2, 0.25) is 0 Å². The maximum atomic E-state index is 9.69. The van der Waals surface area contributed by atoms with Gasteiger partial charge in [0.25, 0.3) is 0 Å². The van der Waals surface area contributed by atoms with Crippen LogP contribution in [0.1, 0.15) is 55.6 Å².